The zero-order valence-corrected chi connectivity index (χ0v) is 13.6. The van der Waals surface area contributed by atoms with Crippen molar-refractivity contribution in [1.82, 2.24) is 20.0 Å². The van der Waals surface area contributed by atoms with Crippen molar-refractivity contribution in [3.8, 4) is 5.82 Å². The first-order valence-corrected chi connectivity index (χ1v) is 8.45. The van der Waals surface area contributed by atoms with Crippen LogP contribution in [0.4, 0.5) is 5.82 Å². The average molecular weight is 350 g/mol. The lowest BCUT2D eigenvalue weighted by Crippen LogP contribution is -2.16. The maximum absolute atomic E-state index is 12.4. The highest BCUT2D eigenvalue weighted by atomic mass is 35.5. The van der Waals surface area contributed by atoms with E-state index < -0.39 is 10.0 Å². The fourth-order valence-electron chi connectivity index (χ4n) is 1.90. The summed E-state index contributed by atoms with van der Waals surface area (Å²) in [5.74, 6) is 0.660. The molecule has 0 fully saturated rings. The molecule has 118 valence electrons. The molecule has 0 atom stereocenters. The molecule has 0 aliphatic carbocycles. The summed E-state index contributed by atoms with van der Waals surface area (Å²) < 4.78 is 28.7. The number of rotatable bonds is 4. The van der Waals surface area contributed by atoms with Crippen LogP contribution in [-0.4, -0.2) is 28.4 Å². The van der Waals surface area contributed by atoms with E-state index >= 15 is 0 Å². The smallest absolute Gasteiger partial charge is 0.263 e. The summed E-state index contributed by atoms with van der Waals surface area (Å²) >= 11 is 5.85. The predicted octanol–water partition coefficient (Wildman–Crippen LogP) is 2.42. The molecule has 1 N–H and O–H groups in total. The number of hydrogen-bond acceptors (Lipinski definition) is 5. The van der Waals surface area contributed by atoms with Crippen LogP contribution in [0.3, 0.4) is 0 Å². The molecule has 9 heteroatoms. The van der Waals surface area contributed by atoms with Crippen LogP contribution in [0.25, 0.3) is 5.82 Å². The Morgan fingerprint density at radius 3 is 2.65 bits per heavy atom. The molecule has 3 aromatic rings. The summed E-state index contributed by atoms with van der Waals surface area (Å²) in [6.07, 6.45) is 1.47. The van der Waals surface area contributed by atoms with Crippen LogP contribution in [0.5, 0.6) is 0 Å². The number of nitrogens with zero attached hydrogens (tertiary/aromatic N) is 4. The molecule has 0 amide bonds. The van der Waals surface area contributed by atoms with Gasteiger partial charge in [0.05, 0.1) is 16.8 Å². The van der Waals surface area contributed by atoms with Crippen molar-refractivity contribution in [1.29, 1.82) is 0 Å². The number of halogens is 1. The molecule has 1 aromatic carbocycles. The number of aromatic nitrogens is 4. The van der Waals surface area contributed by atoms with Crippen molar-refractivity contribution in [3.05, 3.63) is 59.4 Å². The highest BCUT2D eigenvalue weighted by Crippen LogP contribution is 2.20. The molecule has 0 saturated carbocycles. The Balaban J connectivity index is 1.95. The number of sulfonamides is 1. The van der Waals surface area contributed by atoms with Gasteiger partial charge in [0.1, 0.15) is 5.82 Å². The molecule has 23 heavy (non-hydrogen) atoms. The summed E-state index contributed by atoms with van der Waals surface area (Å²) in [5, 5.41) is 12.3. The van der Waals surface area contributed by atoms with E-state index in [0.717, 1.165) is 5.69 Å². The van der Waals surface area contributed by atoms with Gasteiger partial charge in [0.15, 0.2) is 5.82 Å². The van der Waals surface area contributed by atoms with Crippen molar-refractivity contribution < 1.29 is 8.42 Å². The van der Waals surface area contributed by atoms with Crippen molar-refractivity contribution in [3.63, 3.8) is 0 Å². The zero-order chi connectivity index (χ0) is 16.4. The van der Waals surface area contributed by atoms with Gasteiger partial charge in [-0.3, -0.25) is 4.72 Å². The molecule has 0 unspecified atom stereocenters. The van der Waals surface area contributed by atoms with Gasteiger partial charge in [-0.15, -0.1) is 5.10 Å². The lowest BCUT2D eigenvalue weighted by atomic mass is 10.4. The fraction of sp³-hybridized carbons (Fsp3) is 0.0714. The first kappa shape index (κ1) is 15.4. The van der Waals surface area contributed by atoms with Crippen LogP contribution >= 0.6 is 11.6 Å². The maximum atomic E-state index is 12.4. The third-order valence-electron chi connectivity index (χ3n) is 2.99. The molecule has 0 saturated heterocycles. The summed E-state index contributed by atoms with van der Waals surface area (Å²) in [6.45, 7) is 1.81. The lowest BCUT2D eigenvalue weighted by molar-refractivity contribution is 0.600. The van der Waals surface area contributed by atoms with E-state index in [2.05, 4.69) is 20.0 Å². The Morgan fingerprint density at radius 2 is 1.96 bits per heavy atom. The van der Waals surface area contributed by atoms with Gasteiger partial charge in [-0.1, -0.05) is 17.7 Å². The Bertz CT molecular complexity index is 938. The van der Waals surface area contributed by atoms with E-state index in [4.69, 9.17) is 11.6 Å². The normalized spacial score (nSPS) is 11.4. The molecular formula is C14H12ClN5O2S. The van der Waals surface area contributed by atoms with Gasteiger partial charge in [0.25, 0.3) is 10.0 Å². The SMILES string of the molecule is Cc1ccc(-n2nccc2NS(=O)(=O)c2cccc(Cl)c2)nn1. The predicted molar refractivity (Wildman–Crippen MR) is 86.2 cm³/mol. The zero-order valence-electron chi connectivity index (χ0n) is 12.0. The first-order chi connectivity index (χ1) is 11.0. The molecule has 2 heterocycles. The van der Waals surface area contributed by atoms with Gasteiger partial charge in [-0.25, -0.2) is 8.42 Å². The Kier molecular flexibility index (Phi) is 4.01. The standard InChI is InChI=1S/C14H12ClN5O2S/c1-10-5-6-13(18-17-10)20-14(7-8-16-20)19-23(21,22)12-4-2-3-11(15)9-12/h2-9,19H,1H3. The monoisotopic (exact) mass is 349 g/mol. The highest BCUT2D eigenvalue weighted by molar-refractivity contribution is 7.92. The van der Waals surface area contributed by atoms with Crippen LogP contribution in [-0.2, 0) is 10.0 Å². The van der Waals surface area contributed by atoms with Crippen molar-refractivity contribution >= 4 is 27.4 Å². The number of hydrogen-bond donors (Lipinski definition) is 1. The van der Waals surface area contributed by atoms with E-state index in [9.17, 15) is 8.42 Å². The Hall–Kier alpha value is -2.45. The minimum Gasteiger partial charge on any atom is -0.263 e. The maximum Gasteiger partial charge on any atom is 0.263 e. The van der Waals surface area contributed by atoms with Gasteiger partial charge >= 0.3 is 0 Å². The molecule has 0 aliphatic heterocycles. The van der Waals surface area contributed by atoms with Crippen LogP contribution in [0.1, 0.15) is 5.69 Å². The van der Waals surface area contributed by atoms with E-state index in [0.29, 0.717) is 10.8 Å². The van der Waals surface area contributed by atoms with E-state index in [-0.39, 0.29) is 10.7 Å². The first-order valence-electron chi connectivity index (χ1n) is 6.59. The molecule has 0 aliphatic rings. The van der Waals surface area contributed by atoms with Gasteiger partial charge < -0.3 is 0 Å². The van der Waals surface area contributed by atoms with Crippen LogP contribution < -0.4 is 4.72 Å². The van der Waals surface area contributed by atoms with Gasteiger partial charge in [-0.2, -0.15) is 14.9 Å². The van der Waals surface area contributed by atoms with Crippen molar-refractivity contribution in [2.75, 3.05) is 4.72 Å². The topological polar surface area (TPSA) is 89.8 Å². The van der Waals surface area contributed by atoms with Crippen LogP contribution in [0.15, 0.2) is 53.6 Å². The molecule has 2 aromatic heterocycles. The number of aryl methyl sites for hydroxylation is 1. The molecule has 7 nitrogen and oxygen atoms in total. The molecule has 0 spiro atoms. The Morgan fingerprint density at radius 1 is 1.13 bits per heavy atom. The van der Waals surface area contributed by atoms with Gasteiger partial charge in [-0.05, 0) is 37.3 Å². The highest BCUT2D eigenvalue weighted by Gasteiger charge is 2.17. The second-order valence-corrected chi connectivity index (χ2v) is 6.84. The summed E-state index contributed by atoms with van der Waals surface area (Å²) in [6, 6.07) is 11.0. The molecule has 3 rings (SSSR count). The molecule has 0 bridgehead atoms. The second kappa shape index (κ2) is 5.98. The summed E-state index contributed by atoms with van der Waals surface area (Å²) in [5.41, 5.74) is 0.752. The average Bonchev–Trinajstić information content (AvgIpc) is 2.95. The number of anilines is 1. The van der Waals surface area contributed by atoms with Crippen molar-refractivity contribution in [2.45, 2.75) is 11.8 Å². The summed E-state index contributed by atoms with van der Waals surface area (Å²) in [7, 11) is -3.79. The lowest BCUT2D eigenvalue weighted by Gasteiger charge is -2.10. The van der Waals surface area contributed by atoms with Crippen LogP contribution in [0, 0.1) is 6.92 Å². The Labute approximate surface area is 138 Å². The van der Waals surface area contributed by atoms with E-state index in [1.807, 2.05) is 6.92 Å². The third-order valence-corrected chi connectivity index (χ3v) is 4.58. The third kappa shape index (κ3) is 3.33. The minimum absolute atomic E-state index is 0.0627. The van der Waals surface area contributed by atoms with E-state index in [1.165, 1.54) is 29.1 Å². The number of benzene rings is 1. The fourth-order valence-corrected chi connectivity index (χ4v) is 3.24. The molecular weight excluding hydrogens is 338 g/mol. The van der Waals surface area contributed by atoms with Gasteiger partial charge in [0, 0.05) is 11.1 Å². The number of nitrogens with one attached hydrogen (secondary N) is 1. The second-order valence-electron chi connectivity index (χ2n) is 4.72. The molecule has 0 radical (unpaired) electrons. The van der Waals surface area contributed by atoms with Crippen molar-refractivity contribution in [2.24, 2.45) is 0 Å². The van der Waals surface area contributed by atoms with Gasteiger partial charge in [0.2, 0.25) is 0 Å². The largest absolute Gasteiger partial charge is 0.263 e. The summed E-state index contributed by atoms with van der Waals surface area (Å²) in [4.78, 5) is 0.0627. The minimum atomic E-state index is -3.79. The van der Waals surface area contributed by atoms with E-state index in [1.54, 1.807) is 24.3 Å². The quantitative estimate of drug-likeness (QED) is 0.781. The van der Waals surface area contributed by atoms with Crippen LogP contribution in [0.2, 0.25) is 5.02 Å².